The normalized spacial score (nSPS) is 14.2. The number of nitrogens with one attached hydrogen (secondary N) is 1. The lowest BCUT2D eigenvalue weighted by Crippen LogP contribution is -2.40. The van der Waals surface area contributed by atoms with Gasteiger partial charge in [0.05, 0.1) is 16.2 Å². The van der Waals surface area contributed by atoms with E-state index in [4.69, 9.17) is 11.6 Å². The van der Waals surface area contributed by atoms with Crippen LogP contribution in [-0.4, -0.2) is 23.2 Å². The highest BCUT2D eigenvalue weighted by Gasteiger charge is 2.20. The van der Waals surface area contributed by atoms with E-state index < -0.39 is 17.3 Å². The number of carbonyl (C=O) groups excluding carboxylic acids is 1. The van der Waals surface area contributed by atoms with Crippen molar-refractivity contribution in [1.82, 2.24) is 5.32 Å². The van der Waals surface area contributed by atoms with Crippen LogP contribution in [0.5, 0.6) is 0 Å². The van der Waals surface area contributed by atoms with Crippen molar-refractivity contribution in [1.29, 1.82) is 0 Å². The molecule has 1 rings (SSSR count). The molecule has 17 heavy (non-hydrogen) atoms. The Bertz CT molecular complexity index is 421. The molecule has 1 amide bonds. The fourth-order valence-corrected chi connectivity index (χ4v) is 1.38. The van der Waals surface area contributed by atoms with Gasteiger partial charge in [0, 0.05) is 6.54 Å². The molecule has 0 bridgehead atoms. The fourth-order valence-electron chi connectivity index (χ4n) is 1.17. The summed E-state index contributed by atoms with van der Waals surface area (Å²) in [5.74, 6) is -1.13. The molecule has 0 radical (unpaired) electrons. The van der Waals surface area contributed by atoms with Gasteiger partial charge in [-0.1, -0.05) is 24.6 Å². The van der Waals surface area contributed by atoms with Gasteiger partial charge >= 0.3 is 0 Å². The van der Waals surface area contributed by atoms with Gasteiger partial charge in [-0.3, -0.25) is 4.79 Å². The first kappa shape index (κ1) is 13.9. The van der Waals surface area contributed by atoms with E-state index in [2.05, 4.69) is 5.32 Å². The summed E-state index contributed by atoms with van der Waals surface area (Å²) in [4.78, 5) is 11.7. The fraction of sp³-hybridized carbons (Fsp3) is 0.417. The molecule has 0 saturated carbocycles. The molecule has 0 aliphatic heterocycles. The van der Waals surface area contributed by atoms with E-state index in [1.54, 1.807) is 13.8 Å². The molecule has 1 aromatic rings. The summed E-state index contributed by atoms with van der Waals surface area (Å²) in [6, 6.07) is 4.02. The van der Waals surface area contributed by atoms with Gasteiger partial charge in [-0.25, -0.2) is 4.39 Å². The molecule has 0 spiro atoms. The largest absolute Gasteiger partial charge is 0.388 e. The van der Waals surface area contributed by atoms with Gasteiger partial charge < -0.3 is 10.4 Å². The minimum Gasteiger partial charge on any atom is -0.388 e. The number of benzene rings is 1. The Balaban J connectivity index is 2.74. The molecule has 3 nitrogen and oxygen atoms in total. The molecule has 1 unspecified atom stereocenters. The van der Waals surface area contributed by atoms with Crippen molar-refractivity contribution in [2.45, 2.75) is 25.9 Å². The summed E-state index contributed by atoms with van der Waals surface area (Å²) in [5.41, 5.74) is -0.909. The maximum atomic E-state index is 13.1. The van der Waals surface area contributed by atoms with Crippen LogP contribution in [0, 0.1) is 5.82 Å². The number of rotatable bonds is 4. The number of aliphatic hydroxyl groups is 1. The van der Waals surface area contributed by atoms with Crippen molar-refractivity contribution in [3.8, 4) is 0 Å². The van der Waals surface area contributed by atoms with Gasteiger partial charge in [-0.15, -0.1) is 0 Å². The number of carbonyl (C=O) groups is 1. The minimum absolute atomic E-state index is 0.0681. The molecular weight excluding hydrogens is 245 g/mol. The van der Waals surface area contributed by atoms with E-state index in [1.807, 2.05) is 0 Å². The highest BCUT2D eigenvalue weighted by molar-refractivity contribution is 6.34. The van der Waals surface area contributed by atoms with E-state index in [0.29, 0.717) is 6.42 Å². The summed E-state index contributed by atoms with van der Waals surface area (Å²) in [7, 11) is 0. The first-order chi connectivity index (χ1) is 7.87. The molecule has 1 atom stereocenters. The van der Waals surface area contributed by atoms with Crippen molar-refractivity contribution < 1.29 is 14.3 Å². The monoisotopic (exact) mass is 259 g/mol. The quantitative estimate of drug-likeness (QED) is 0.872. The predicted octanol–water partition coefficient (Wildman–Crippen LogP) is 2.37. The standard InChI is InChI=1S/C12H15ClFNO2/c1-3-12(2,17)7-15-11(16)8-5-4-6-9(14)10(8)13/h4-6,17H,3,7H2,1-2H3,(H,15,16). The van der Waals surface area contributed by atoms with Gasteiger partial charge in [0.2, 0.25) is 0 Å². The molecule has 1 aromatic carbocycles. The first-order valence-electron chi connectivity index (χ1n) is 5.32. The smallest absolute Gasteiger partial charge is 0.253 e. The van der Waals surface area contributed by atoms with Gasteiger partial charge in [0.1, 0.15) is 5.82 Å². The third kappa shape index (κ3) is 3.68. The highest BCUT2D eigenvalue weighted by atomic mass is 35.5. The van der Waals surface area contributed by atoms with Gasteiger partial charge in [-0.2, -0.15) is 0 Å². The Kier molecular flexibility index (Phi) is 4.48. The van der Waals surface area contributed by atoms with Crippen molar-refractivity contribution >= 4 is 17.5 Å². The number of hydrogen-bond donors (Lipinski definition) is 2. The third-order valence-electron chi connectivity index (χ3n) is 2.59. The molecular formula is C12H15ClFNO2. The van der Waals surface area contributed by atoms with Crippen molar-refractivity contribution in [2.75, 3.05) is 6.54 Å². The van der Waals surface area contributed by atoms with Crippen LogP contribution in [0.15, 0.2) is 18.2 Å². The average Bonchev–Trinajstić information content (AvgIpc) is 2.30. The summed E-state index contributed by atoms with van der Waals surface area (Å²) in [6.45, 7) is 3.51. The van der Waals surface area contributed by atoms with Gasteiger partial charge in [0.25, 0.3) is 5.91 Å². The molecule has 0 aliphatic rings. The molecule has 0 fully saturated rings. The summed E-state index contributed by atoms with van der Waals surface area (Å²) in [6.07, 6.45) is 0.504. The second kappa shape index (κ2) is 5.47. The highest BCUT2D eigenvalue weighted by Crippen LogP contribution is 2.19. The third-order valence-corrected chi connectivity index (χ3v) is 2.97. The molecule has 0 aromatic heterocycles. The van der Waals surface area contributed by atoms with Gasteiger partial charge in [-0.05, 0) is 25.5 Å². The molecule has 2 N–H and O–H groups in total. The van der Waals surface area contributed by atoms with Crippen LogP contribution in [0.3, 0.4) is 0 Å². The van der Waals surface area contributed by atoms with Crippen LogP contribution >= 0.6 is 11.6 Å². The minimum atomic E-state index is -0.977. The van der Waals surface area contributed by atoms with Crippen LogP contribution in [0.4, 0.5) is 4.39 Å². The van der Waals surface area contributed by atoms with E-state index in [1.165, 1.54) is 18.2 Å². The van der Waals surface area contributed by atoms with Crippen molar-refractivity contribution in [2.24, 2.45) is 0 Å². The van der Waals surface area contributed by atoms with Crippen LogP contribution < -0.4 is 5.32 Å². The maximum absolute atomic E-state index is 13.1. The van der Waals surface area contributed by atoms with E-state index in [-0.39, 0.29) is 17.1 Å². The SMILES string of the molecule is CCC(C)(O)CNC(=O)c1cccc(F)c1Cl. The Labute approximate surface area is 105 Å². The Morgan fingerprint density at radius 3 is 2.82 bits per heavy atom. The summed E-state index contributed by atoms with van der Waals surface area (Å²) in [5, 5.41) is 12.0. The van der Waals surface area contributed by atoms with E-state index in [9.17, 15) is 14.3 Å². The Hall–Kier alpha value is -1.13. The Morgan fingerprint density at radius 1 is 1.59 bits per heavy atom. The van der Waals surface area contributed by atoms with Crippen LogP contribution in [0.2, 0.25) is 5.02 Å². The van der Waals surface area contributed by atoms with Crippen LogP contribution in [-0.2, 0) is 0 Å². The topological polar surface area (TPSA) is 49.3 Å². The zero-order valence-corrected chi connectivity index (χ0v) is 10.5. The summed E-state index contributed by atoms with van der Waals surface area (Å²) >= 11 is 5.67. The lowest BCUT2D eigenvalue weighted by molar-refractivity contribution is 0.0518. The Morgan fingerprint density at radius 2 is 2.24 bits per heavy atom. The van der Waals surface area contributed by atoms with Gasteiger partial charge in [0.15, 0.2) is 0 Å². The molecule has 0 saturated heterocycles. The second-order valence-corrected chi connectivity index (χ2v) is 4.51. The summed E-state index contributed by atoms with van der Waals surface area (Å²) < 4.78 is 13.1. The molecule has 94 valence electrons. The zero-order valence-electron chi connectivity index (χ0n) is 9.76. The maximum Gasteiger partial charge on any atom is 0.253 e. The van der Waals surface area contributed by atoms with E-state index in [0.717, 1.165) is 0 Å². The number of hydrogen-bond acceptors (Lipinski definition) is 2. The van der Waals surface area contributed by atoms with Crippen LogP contribution in [0.1, 0.15) is 30.6 Å². The van der Waals surface area contributed by atoms with Crippen molar-refractivity contribution in [3.63, 3.8) is 0 Å². The lowest BCUT2D eigenvalue weighted by atomic mass is 10.0. The molecule has 0 aliphatic carbocycles. The zero-order chi connectivity index (χ0) is 13.1. The lowest BCUT2D eigenvalue weighted by Gasteiger charge is -2.21. The van der Waals surface area contributed by atoms with Crippen molar-refractivity contribution in [3.05, 3.63) is 34.6 Å². The number of halogens is 2. The number of amides is 1. The molecule has 0 heterocycles. The predicted molar refractivity (Wildman–Crippen MR) is 64.7 cm³/mol. The first-order valence-corrected chi connectivity index (χ1v) is 5.70. The average molecular weight is 260 g/mol. The molecule has 5 heteroatoms. The second-order valence-electron chi connectivity index (χ2n) is 4.13. The van der Waals surface area contributed by atoms with Crippen LogP contribution in [0.25, 0.3) is 0 Å². The van der Waals surface area contributed by atoms with E-state index >= 15 is 0 Å².